The van der Waals surface area contributed by atoms with Crippen molar-refractivity contribution in [1.82, 2.24) is 14.8 Å². The molecule has 1 aromatic heterocycles. The fraction of sp³-hybridized carbons (Fsp3) is 0.320. The van der Waals surface area contributed by atoms with Crippen LogP contribution in [0.1, 0.15) is 61.8 Å². The highest BCUT2D eigenvalue weighted by Crippen LogP contribution is 2.40. The van der Waals surface area contributed by atoms with E-state index >= 15 is 0 Å². The normalized spacial score (nSPS) is 18.3. The molecule has 1 aliphatic carbocycles. The standard InChI is InChI=1S/C25H26N4O/c1-15(2)17-10-12-18(13-11-17)23-22-20(8-5-9-21(22)30)26-25-27-24(28-29(23)25)19-7-4-6-16(3)14-19/h4,6-7,10-15,23H,5,8-9H2,1-3H3,(H,26,27,28). The minimum absolute atomic E-state index is 0.208. The van der Waals surface area contributed by atoms with Crippen LogP contribution in [0.5, 0.6) is 0 Å². The maximum Gasteiger partial charge on any atom is 0.226 e. The number of benzene rings is 2. The molecule has 5 heteroatoms. The lowest BCUT2D eigenvalue weighted by Gasteiger charge is -2.32. The van der Waals surface area contributed by atoms with Crippen molar-refractivity contribution >= 4 is 11.7 Å². The van der Waals surface area contributed by atoms with Crippen molar-refractivity contribution in [2.75, 3.05) is 5.32 Å². The molecule has 2 aliphatic rings. The SMILES string of the molecule is Cc1cccc(-c2nc3n(n2)C(c2ccc(C(C)C)cc2)C2=C(CCCC2=O)N3)c1. The second-order valence-corrected chi connectivity index (χ2v) is 8.59. The zero-order valence-corrected chi connectivity index (χ0v) is 17.6. The first-order valence-corrected chi connectivity index (χ1v) is 10.7. The lowest BCUT2D eigenvalue weighted by Crippen LogP contribution is -2.31. The monoisotopic (exact) mass is 398 g/mol. The number of anilines is 1. The summed E-state index contributed by atoms with van der Waals surface area (Å²) in [7, 11) is 0. The molecule has 0 spiro atoms. The molecule has 30 heavy (non-hydrogen) atoms. The predicted molar refractivity (Wildman–Crippen MR) is 118 cm³/mol. The van der Waals surface area contributed by atoms with Crippen molar-refractivity contribution in [2.24, 2.45) is 0 Å². The van der Waals surface area contributed by atoms with Gasteiger partial charge in [-0.3, -0.25) is 4.79 Å². The van der Waals surface area contributed by atoms with Crippen LogP contribution >= 0.6 is 0 Å². The Morgan fingerprint density at radius 2 is 1.90 bits per heavy atom. The average Bonchev–Trinajstić information content (AvgIpc) is 3.16. The second kappa shape index (κ2) is 7.24. The average molecular weight is 399 g/mol. The molecule has 1 atom stereocenters. The van der Waals surface area contributed by atoms with Crippen molar-refractivity contribution in [2.45, 2.75) is 52.0 Å². The quantitative estimate of drug-likeness (QED) is 0.642. The number of Topliss-reactive ketones (excluding diaryl/α,β-unsaturated/α-hetero) is 1. The van der Waals surface area contributed by atoms with Crippen molar-refractivity contribution in [1.29, 1.82) is 0 Å². The third-order valence-corrected chi connectivity index (χ3v) is 6.06. The van der Waals surface area contributed by atoms with Crippen molar-refractivity contribution < 1.29 is 4.79 Å². The van der Waals surface area contributed by atoms with Crippen LogP contribution in [0.25, 0.3) is 11.4 Å². The van der Waals surface area contributed by atoms with E-state index in [0.717, 1.165) is 35.2 Å². The van der Waals surface area contributed by atoms with Crippen LogP contribution < -0.4 is 5.32 Å². The van der Waals surface area contributed by atoms with E-state index in [9.17, 15) is 4.79 Å². The highest BCUT2D eigenvalue weighted by molar-refractivity contribution is 5.99. The van der Waals surface area contributed by atoms with E-state index < -0.39 is 0 Å². The Kier molecular flexibility index (Phi) is 4.54. The summed E-state index contributed by atoms with van der Waals surface area (Å²) in [5, 5.41) is 8.27. The number of carbonyl (C=O) groups is 1. The van der Waals surface area contributed by atoms with Gasteiger partial charge in [0, 0.05) is 23.3 Å². The van der Waals surface area contributed by atoms with Gasteiger partial charge in [0.1, 0.15) is 6.04 Å². The van der Waals surface area contributed by atoms with Crippen LogP contribution in [0, 0.1) is 6.92 Å². The highest BCUT2D eigenvalue weighted by Gasteiger charge is 2.36. The van der Waals surface area contributed by atoms with Crippen LogP contribution in [0.2, 0.25) is 0 Å². The van der Waals surface area contributed by atoms with E-state index in [2.05, 4.69) is 62.5 Å². The molecule has 0 radical (unpaired) electrons. The summed E-state index contributed by atoms with van der Waals surface area (Å²) >= 11 is 0. The third kappa shape index (κ3) is 3.15. The number of rotatable bonds is 3. The highest BCUT2D eigenvalue weighted by atomic mass is 16.1. The van der Waals surface area contributed by atoms with Gasteiger partial charge < -0.3 is 5.32 Å². The Balaban J connectivity index is 1.65. The molecule has 2 aromatic carbocycles. The maximum absolute atomic E-state index is 13.0. The number of fused-ring (bicyclic) bond motifs is 1. The summed E-state index contributed by atoms with van der Waals surface area (Å²) < 4.78 is 1.89. The first kappa shape index (κ1) is 18.8. The number of carbonyl (C=O) groups excluding carboxylic acids is 1. The number of allylic oxidation sites excluding steroid dienone is 2. The Labute approximate surface area is 176 Å². The van der Waals surface area contributed by atoms with Gasteiger partial charge in [0.25, 0.3) is 0 Å². The molecule has 0 amide bonds. The largest absolute Gasteiger partial charge is 0.328 e. The molecule has 1 aliphatic heterocycles. The smallest absolute Gasteiger partial charge is 0.226 e. The molecule has 3 aromatic rings. The Hall–Kier alpha value is -3.21. The fourth-order valence-corrected chi connectivity index (χ4v) is 4.43. The van der Waals surface area contributed by atoms with E-state index in [1.807, 2.05) is 16.8 Å². The summed E-state index contributed by atoms with van der Waals surface area (Å²) in [6, 6.07) is 16.6. The molecule has 0 bridgehead atoms. The summed E-state index contributed by atoms with van der Waals surface area (Å²) in [4.78, 5) is 17.8. The molecule has 0 saturated heterocycles. The minimum atomic E-state index is -0.240. The first-order valence-electron chi connectivity index (χ1n) is 10.7. The van der Waals surface area contributed by atoms with Crippen LogP contribution in [0.15, 0.2) is 59.8 Å². The summed E-state index contributed by atoms with van der Waals surface area (Å²) in [6.07, 6.45) is 2.34. The van der Waals surface area contributed by atoms with Crippen LogP contribution in [-0.2, 0) is 4.79 Å². The molecule has 1 unspecified atom stereocenters. The molecule has 5 rings (SSSR count). The van der Waals surface area contributed by atoms with Crippen molar-refractivity contribution in [3.8, 4) is 11.4 Å². The van der Waals surface area contributed by atoms with E-state index in [0.29, 0.717) is 24.1 Å². The molecule has 0 saturated carbocycles. The van der Waals surface area contributed by atoms with Gasteiger partial charge in [-0.1, -0.05) is 61.9 Å². The zero-order valence-electron chi connectivity index (χ0n) is 17.6. The number of aryl methyl sites for hydroxylation is 1. The minimum Gasteiger partial charge on any atom is -0.328 e. The van der Waals surface area contributed by atoms with Crippen LogP contribution in [0.4, 0.5) is 5.95 Å². The Bertz CT molecular complexity index is 1150. The molecule has 5 nitrogen and oxygen atoms in total. The lowest BCUT2D eigenvalue weighted by molar-refractivity contribution is -0.116. The van der Waals surface area contributed by atoms with E-state index in [-0.39, 0.29) is 11.8 Å². The van der Waals surface area contributed by atoms with Crippen LogP contribution in [0.3, 0.4) is 0 Å². The van der Waals surface area contributed by atoms with Crippen molar-refractivity contribution in [3.63, 3.8) is 0 Å². The van der Waals surface area contributed by atoms with Gasteiger partial charge in [0.05, 0.1) is 0 Å². The van der Waals surface area contributed by atoms with Gasteiger partial charge in [0.2, 0.25) is 5.95 Å². The van der Waals surface area contributed by atoms with E-state index in [4.69, 9.17) is 10.1 Å². The van der Waals surface area contributed by atoms with Crippen LogP contribution in [-0.4, -0.2) is 20.5 Å². The number of hydrogen-bond acceptors (Lipinski definition) is 4. The van der Waals surface area contributed by atoms with E-state index in [1.165, 1.54) is 11.1 Å². The summed E-state index contributed by atoms with van der Waals surface area (Å²) in [5.41, 5.74) is 6.35. The topological polar surface area (TPSA) is 59.8 Å². The molecule has 1 N–H and O–H groups in total. The van der Waals surface area contributed by atoms with Gasteiger partial charge >= 0.3 is 0 Å². The van der Waals surface area contributed by atoms with Gasteiger partial charge in [0.15, 0.2) is 11.6 Å². The second-order valence-electron chi connectivity index (χ2n) is 8.59. The number of nitrogens with one attached hydrogen (secondary N) is 1. The van der Waals surface area contributed by atoms with Gasteiger partial charge in [-0.2, -0.15) is 4.98 Å². The molecule has 152 valence electrons. The van der Waals surface area contributed by atoms with Gasteiger partial charge in [-0.15, -0.1) is 5.10 Å². The zero-order chi connectivity index (χ0) is 20.8. The lowest BCUT2D eigenvalue weighted by atomic mass is 9.85. The molecular weight excluding hydrogens is 372 g/mol. The Morgan fingerprint density at radius 1 is 1.10 bits per heavy atom. The number of ketones is 1. The number of aromatic nitrogens is 3. The van der Waals surface area contributed by atoms with Gasteiger partial charge in [-0.25, -0.2) is 4.68 Å². The fourth-order valence-electron chi connectivity index (χ4n) is 4.43. The first-order chi connectivity index (χ1) is 14.5. The maximum atomic E-state index is 13.0. The third-order valence-electron chi connectivity index (χ3n) is 6.06. The Morgan fingerprint density at radius 3 is 2.63 bits per heavy atom. The number of hydrogen-bond donors (Lipinski definition) is 1. The molecule has 0 fully saturated rings. The predicted octanol–water partition coefficient (Wildman–Crippen LogP) is 5.40. The number of nitrogens with zero attached hydrogens (tertiary/aromatic N) is 3. The summed E-state index contributed by atoms with van der Waals surface area (Å²) in [5.74, 6) is 2.06. The summed E-state index contributed by atoms with van der Waals surface area (Å²) in [6.45, 7) is 6.44. The molecular formula is C25H26N4O. The molecule has 2 heterocycles. The van der Waals surface area contributed by atoms with E-state index in [1.54, 1.807) is 0 Å². The van der Waals surface area contributed by atoms with Gasteiger partial charge in [-0.05, 0) is 42.9 Å². The van der Waals surface area contributed by atoms with Crippen molar-refractivity contribution in [3.05, 3.63) is 76.5 Å².